The molecule has 0 aromatic heterocycles. The van der Waals surface area contributed by atoms with Crippen LogP contribution in [0.15, 0.2) is 18.2 Å². The van der Waals surface area contributed by atoms with E-state index in [9.17, 15) is 10.2 Å². The number of aliphatic hydroxyl groups is 1. The number of halogens is 1. The first-order valence-corrected chi connectivity index (χ1v) is 5.71. The van der Waals surface area contributed by atoms with E-state index in [1.807, 2.05) is 0 Å². The van der Waals surface area contributed by atoms with Gasteiger partial charge < -0.3 is 10.2 Å². The van der Waals surface area contributed by atoms with Crippen LogP contribution < -0.4 is 0 Å². The van der Waals surface area contributed by atoms with E-state index >= 15 is 0 Å². The Morgan fingerprint density at radius 3 is 2.40 bits per heavy atom. The van der Waals surface area contributed by atoms with Gasteiger partial charge in [-0.25, -0.2) is 0 Å². The summed E-state index contributed by atoms with van der Waals surface area (Å²) in [5.41, 5.74) is -0.237. The maximum absolute atomic E-state index is 10.4. The fourth-order valence-corrected chi connectivity index (χ4v) is 2.47. The maximum Gasteiger partial charge on any atom is 0.123 e. The fraction of sp³-hybridized carbons (Fsp3) is 0.500. The van der Waals surface area contributed by atoms with Gasteiger partial charge in [0, 0.05) is 10.6 Å². The quantitative estimate of drug-likeness (QED) is 0.772. The normalized spacial score (nSPS) is 20.1. The second kappa shape index (κ2) is 4.03. The number of benzene rings is 1. The molecule has 2 N–H and O–H groups in total. The molecule has 1 aliphatic carbocycles. The van der Waals surface area contributed by atoms with Gasteiger partial charge in [0.1, 0.15) is 5.75 Å². The van der Waals surface area contributed by atoms with Crippen molar-refractivity contribution in [2.75, 3.05) is 0 Å². The zero-order valence-corrected chi connectivity index (χ0v) is 9.30. The minimum atomic E-state index is -0.854. The lowest BCUT2D eigenvalue weighted by molar-refractivity contribution is -0.00251. The molecule has 2 nitrogen and oxygen atoms in total. The average molecular weight is 227 g/mol. The molecule has 0 spiro atoms. The summed E-state index contributed by atoms with van der Waals surface area (Å²) >= 11 is 5.76. The van der Waals surface area contributed by atoms with Gasteiger partial charge in [0.15, 0.2) is 0 Å². The van der Waals surface area contributed by atoms with E-state index in [1.165, 1.54) is 6.07 Å². The zero-order valence-electron chi connectivity index (χ0n) is 8.54. The molecule has 1 aliphatic rings. The van der Waals surface area contributed by atoms with Gasteiger partial charge in [-0.3, -0.25) is 0 Å². The summed E-state index contributed by atoms with van der Waals surface area (Å²) in [6.45, 7) is 0. The summed E-state index contributed by atoms with van der Waals surface area (Å²) in [6.07, 6.45) is 4.64. The monoisotopic (exact) mass is 226 g/mol. The van der Waals surface area contributed by atoms with Crippen LogP contribution in [-0.4, -0.2) is 10.2 Å². The molecule has 0 amide bonds. The summed E-state index contributed by atoms with van der Waals surface area (Å²) in [4.78, 5) is 0. The van der Waals surface area contributed by atoms with Gasteiger partial charge in [-0.1, -0.05) is 36.9 Å². The molecule has 1 fully saturated rings. The first-order valence-electron chi connectivity index (χ1n) is 5.33. The summed E-state index contributed by atoms with van der Waals surface area (Å²) in [6, 6.07) is 4.93. The standard InChI is InChI=1S/C12H15ClO2/c13-9-4-5-10(11(14)8-9)12(15)6-2-1-3-7-12/h4-5,8,14-15H,1-3,6-7H2. The van der Waals surface area contributed by atoms with Crippen molar-refractivity contribution >= 4 is 11.6 Å². The van der Waals surface area contributed by atoms with Crippen LogP contribution in [0.2, 0.25) is 5.02 Å². The predicted molar refractivity (Wildman–Crippen MR) is 60.1 cm³/mol. The third kappa shape index (κ3) is 2.11. The lowest BCUT2D eigenvalue weighted by Gasteiger charge is -2.32. The number of phenolic OH excluding ortho intramolecular Hbond substituents is 1. The van der Waals surface area contributed by atoms with E-state index < -0.39 is 5.60 Å². The fourth-order valence-electron chi connectivity index (χ4n) is 2.30. The smallest absolute Gasteiger partial charge is 0.123 e. The Kier molecular flexibility index (Phi) is 2.89. The van der Waals surface area contributed by atoms with Gasteiger partial charge in [-0.15, -0.1) is 0 Å². The van der Waals surface area contributed by atoms with Gasteiger partial charge in [0.25, 0.3) is 0 Å². The number of aromatic hydroxyl groups is 1. The first kappa shape index (κ1) is 10.8. The number of phenols is 1. The van der Waals surface area contributed by atoms with E-state index in [0.29, 0.717) is 10.6 Å². The third-order valence-corrected chi connectivity index (χ3v) is 3.38. The SMILES string of the molecule is Oc1cc(Cl)ccc1C1(O)CCCCC1. The van der Waals surface area contributed by atoms with Crippen LogP contribution in [0.25, 0.3) is 0 Å². The molecule has 0 saturated heterocycles. The van der Waals surface area contributed by atoms with Gasteiger partial charge >= 0.3 is 0 Å². The second-order valence-electron chi connectivity index (χ2n) is 4.25. The van der Waals surface area contributed by atoms with Gasteiger partial charge in [0.2, 0.25) is 0 Å². The molecule has 0 aliphatic heterocycles. The molecule has 1 saturated carbocycles. The minimum Gasteiger partial charge on any atom is -0.508 e. The zero-order chi connectivity index (χ0) is 10.9. The Balaban J connectivity index is 2.35. The van der Waals surface area contributed by atoms with Gasteiger partial charge in [0.05, 0.1) is 5.60 Å². The van der Waals surface area contributed by atoms with Crippen LogP contribution in [0, 0.1) is 0 Å². The molecule has 0 radical (unpaired) electrons. The highest BCUT2D eigenvalue weighted by molar-refractivity contribution is 6.30. The van der Waals surface area contributed by atoms with E-state index in [0.717, 1.165) is 32.1 Å². The largest absolute Gasteiger partial charge is 0.508 e. The number of rotatable bonds is 1. The molecule has 82 valence electrons. The van der Waals surface area contributed by atoms with Crippen molar-refractivity contribution in [2.45, 2.75) is 37.7 Å². The molecule has 3 heteroatoms. The Morgan fingerprint density at radius 1 is 1.13 bits per heavy atom. The molecule has 0 unspecified atom stereocenters. The molecular weight excluding hydrogens is 212 g/mol. The van der Waals surface area contributed by atoms with Crippen molar-refractivity contribution in [3.05, 3.63) is 28.8 Å². The molecule has 2 rings (SSSR count). The molecule has 0 heterocycles. The summed E-state index contributed by atoms with van der Waals surface area (Å²) in [5, 5.41) is 20.7. The Labute approximate surface area is 94.5 Å². The molecule has 0 bridgehead atoms. The van der Waals surface area contributed by atoms with E-state index in [2.05, 4.69) is 0 Å². The van der Waals surface area contributed by atoms with E-state index in [1.54, 1.807) is 12.1 Å². The predicted octanol–water partition coefficient (Wildman–Crippen LogP) is 3.20. The van der Waals surface area contributed by atoms with Crippen LogP contribution in [-0.2, 0) is 5.60 Å². The van der Waals surface area contributed by atoms with Crippen molar-refractivity contribution in [3.8, 4) is 5.75 Å². The van der Waals surface area contributed by atoms with Crippen LogP contribution in [0.1, 0.15) is 37.7 Å². The van der Waals surface area contributed by atoms with Crippen molar-refractivity contribution in [2.24, 2.45) is 0 Å². The number of hydrogen-bond acceptors (Lipinski definition) is 2. The molecule has 1 aromatic carbocycles. The maximum atomic E-state index is 10.4. The average Bonchev–Trinajstić information content (AvgIpc) is 2.18. The summed E-state index contributed by atoms with van der Waals surface area (Å²) in [5.74, 6) is 0.104. The van der Waals surface area contributed by atoms with Crippen molar-refractivity contribution in [1.82, 2.24) is 0 Å². The first-order chi connectivity index (χ1) is 7.12. The molecule has 15 heavy (non-hydrogen) atoms. The van der Waals surface area contributed by atoms with E-state index in [4.69, 9.17) is 11.6 Å². The molecular formula is C12H15ClO2. The van der Waals surface area contributed by atoms with Crippen molar-refractivity contribution in [1.29, 1.82) is 0 Å². The van der Waals surface area contributed by atoms with Crippen LogP contribution in [0.4, 0.5) is 0 Å². The minimum absolute atomic E-state index is 0.104. The van der Waals surface area contributed by atoms with Gasteiger partial charge in [-0.05, 0) is 25.0 Å². The van der Waals surface area contributed by atoms with Crippen LogP contribution >= 0.6 is 11.6 Å². The topological polar surface area (TPSA) is 40.5 Å². The Bertz CT molecular complexity index is 357. The lowest BCUT2D eigenvalue weighted by atomic mass is 9.79. The van der Waals surface area contributed by atoms with E-state index in [-0.39, 0.29) is 5.75 Å². The van der Waals surface area contributed by atoms with Crippen molar-refractivity contribution < 1.29 is 10.2 Å². The number of hydrogen-bond donors (Lipinski definition) is 2. The van der Waals surface area contributed by atoms with Crippen molar-refractivity contribution in [3.63, 3.8) is 0 Å². The highest BCUT2D eigenvalue weighted by atomic mass is 35.5. The molecule has 0 atom stereocenters. The Morgan fingerprint density at radius 2 is 1.80 bits per heavy atom. The lowest BCUT2D eigenvalue weighted by Crippen LogP contribution is -2.28. The summed E-state index contributed by atoms with van der Waals surface area (Å²) < 4.78 is 0. The second-order valence-corrected chi connectivity index (χ2v) is 4.69. The highest BCUT2D eigenvalue weighted by Crippen LogP contribution is 2.41. The summed E-state index contributed by atoms with van der Waals surface area (Å²) in [7, 11) is 0. The van der Waals surface area contributed by atoms with Gasteiger partial charge in [-0.2, -0.15) is 0 Å². The molecule has 1 aromatic rings. The Hall–Kier alpha value is -0.730. The third-order valence-electron chi connectivity index (χ3n) is 3.14. The highest BCUT2D eigenvalue weighted by Gasteiger charge is 2.33. The van der Waals surface area contributed by atoms with Crippen LogP contribution in [0.5, 0.6) is 5.75 Å². The van der Waals surface area contributed by atoms with Crippen LogP contribution in [0.3, 0.4) is 0 Å².